The number of ether oxygens (including phenoxy) is 1. The van der Waals surface area contributed by atoms with Gasteiger partial charge in [-0.25, -0.2) is 0 Å². The van der Waals surface area contributed by atoms with Gasteiger partial charge in [0.05, 0.1) is 12.0 Å². The zero-order valence-electron chi connectivity index (χ0n) is 12.3. The van der Waals surface area contributed by atoms with Gasteiger partial charge < -0.3 is 10.1 Å². The largest absolute Gasteiger partial charge is 0.496 e. The summed E-state index contributed by atoms with van der Waals surface area (Å²) in [6.07, 6.45) is 9.30. The summed E-state index contributed by atoms with van der Waals surface area (Å²) >= 11 is 1.80. The van der Waals surface area contributed by atoms with E-state index in [0.29, 0.717) is 6.04 Å². The minimum absolute atomic E-state index is 0.443. The smallest absolute Gasteiger partial charge is 0.134 e. The molecule has 1 atom stereocenters. The number of allylic oxidation sites excluding steroid dienone is 1. The Balaban J connectivity index is 2.49. The Morgan fingerprint density at radius 1 is 1.42 bits per heavy atom. The molecule has 3 heteroatoms. The number of thiophene rings is 1. The van der Waals surface area contributed by atoms with E-state index in [2.05, 4.69) is 30.3 Å². The van der Waals surface area contributed by atoms with Crippen molar-refractivity contribution in [3.63, 3.8) is 0 Å². The van der Waals surface area contributed by atoms with Crippen LogP contribution in [0, 0.1) is 0 Å². The quantitative estimate of drug-likeness (QED) is 0.458. The molecule has 19 heavy (non-hydrogen) atoms. The van der Waals surface area contributed by atoms with Crippen molar-refractivity contribution in [2.45, 2.75) is 51.5 Å². The van der Waals surface area contributed by atoms with Gasteiger partial charge in [-0.1, -0.05) is 25.8 Å². The van der Waals surface area contributed by atoms with Crippen LogP contribution in [-0.4, -0.2) is 13.7 Å². The van der Waals surface area contributed by atoms with Crippen molar-refractivity contribution in [1.29, 1.82) is 0 Å². The molecule has 1 aromatic heterocycles. The second-order valence-corrected chi connectivity index (χ2v) is 5.73. The molecule has 0 bridgehead atoms. The lowest BCUT2D eigenvalue weighted by Gasteiger charge is -2.18. The van der Waals surface area contributed by atoms with E-state index in [9.17, 15) is 0 Å². The molecule has 0 aliphatic heterocycles. The van der Waals surface area contributed by atoms with Crippen LogP contribution in [0.1, 0.15) is 56.4 Å². The third-order valence-electron chi connectivity index (χ3n) is 3.24. The second kappa shape index (κ2) is 10.0. The van der Waals surface area contributed by atoms with Crippen LogP contribution < -0.4 is 10.1 Å². The summed E-state index contributed by atoms with van der Waals surface area (Å²) in [7, 11) is 1.76. The fraction of sp³-hybridized carbons (Fsp3) is 0.625. The molecule has 1 rings (SSSR count). The fourth-order valence-electron chi connectivity index (χ4n) is 2.19. The predicted molar refractivity (Wildman–Crippen MR) is 85.2 cm³/mol. The Bertz CT molecular complexity index is 348. The Kier molecular flexibility index (Phi) is 8.59. The lowest BCUT2D eigenvalue weighted by molar-refractivity contribution is 0.396. The van der Waals surface area contributed by atoms with Gasteiger partial charge in [0.1, 0.15) is 5.75 Å². The summed E-state index contributed by atoms with van der Waals surface area (Å²) in [5.74, 6) is 1.03. The molecule has 1 aromatic rings. The van der Waals surface area contributed by atoms with Crippen LogP contribution in [0.25, 0.3) is 0 Å². The summed E-state index contributed by atoms with van der Waals surface area (Å²) in [5.41, 5.74) is 0. The Hall–Kier alpha value is -0.800. The first-order valence-corrected chi connectivity index (χ1v) is 8.17. The molecular weight excluding hydrogens is 254 g/mol. The zero-order valence-corrected chi connectivity index (χ0v) is 13.1. The third-order valence-corrected chi connectivity index (χ3v) is 4.25. The highest BCUT2D eigenvalue weighted by atomic mass is 32.1. The van der Waals surface area contributed by atoms with Crippen molar-refractivity contribution in [3.8, 4) is 5.75 Å². The zero-order chi connectivity index (χ0) is 13.9. The number of nitrogens with one attached hydrogen (secondary N) is 1. The standard InChI is InChI=1S/C16H27NOS/c1-4-6-7-8-9-10-14(17-12-5-2)16-15(18-3)11-13-19-16/h4,11,13-14,17H,1,5-10,12H2,2-3H3. The fourth-order valence-corrected chi connectivity index (χ4v) is 3.16. The molecular formula is C16H27NOS. The number of rotatable bonds is 11. The van der Waals surface area contributed by atoms with E-state index in [0.717, 1.165) is 18.7 Å². The van der Waals surface area contributed by atoms with Crippen molar-refractivity contribution in [2.24, 2.45) is 0 Å². The van der Waals surface area contributed by atoms with Crippen molar-refractivity contribution in [3.05, 3.63) is 29.0 Å². The predicted octanol–water partition coefficient (Wildman–Crippen LogP) is 4.93. The third kappa shape index (κ3) is 5.79. The molecule has 108 valence electrons. The molecule has 0 aromatic carbocycles. The van der Waals surface area contributed by atoms with Gasteiger partial charge in [-0.2, -0.15) is 0 Å². The minimum Gasteiger partial charge on any atom is -0.496 e. The second-order valence-electron chi connectivity index (χ2n) is 4.79. The van der Waals surface area contributed by atoms with Gasteiger partial charge in [-0.05, 0) is 43.7 Å². The van der Waals surface area contributed by atoms with Gasteiger partial charge in [0.2, 0.25) is 0 Å². The molecule has 1 heterocycles. The van der Waals surface area contributed by atoms with E-state index < -0.39 is 0 Å². The summed E-state index contributed by atoms with van der Waals surface area (Å²) in [6.45, 7) is 7.05. The molecule has 0 saturated heterocycles. The van der Waals surface area contributed by atoms with Crippen molar-refractivity contribution in [2.75, 3.05) is 13.7 Å². The van der Waals surface area contributed by atoms with E-state index in [4.69, 9.17) is 4.74 Å². The monoisotopic (exact) mass is 281 g/mol. The number of hydrogen-bond donors (Lipinski definition) is 1. The van der Waals surface area contributed by atoms with Gasteiger partial charge in [0, 0.05) is 6.04 Å². The van der Waals surface area contributed by atoms with Gasteiger partial charge in [-0.3, -0.25) is 0 Å². The average molecular weight is 281 g/mol. The highest BCUT2D eigenvalue weighted by Gasteiger charge is 2.16. The van der Waals surface area contributed by atoms with E-state index in [1.54, 1.807) is 18.4 Å². The van der Waals surface area contributed by atoms with E-state index >= 15 is 0 Å². The number of unbranched alkanes of at least 4 members (excludes halogenated alkanes) is 3. The van der Waals surface area contributed by atoms with Gasteiger partial charge >= 0.3 is 0 Å². The molecule has 0 aliphatic rings. The van der Waals surface area contributed by atoms with E-state index in [-0.39, 0.29) is 0 Å². The van der Waals surface area contributed by atoms with E-state index in [1.807, 2.05) is 6.08 Å². The molecule has 0 aliphatic carbocycles. The summed E-state index contributed by atoms with van der Waals surface area (Å²) < 4.78 is 5.45. The number of hydrogen-bond acceptors (Lipinski definition) is 3. The van der Waals surface area contributed by atoms with Gasteiger partial charge in [0.25, 0.3) is 0 Å². The highest BCUT2D eigenvalue weighted by Crippen LogP contribution is 2.33. The van der Waals surface area contributed by atoms with Crippen LogP contribution in [0.3, 0.4) is 0 Å². The first kappa shape index (κ1) is 16.3. The molecule has 0 saturated carbocycles. The molecule has 0 fully saturated rings. The van der Waals surface area contributed by atoms with E-state index in [1.165, 1.54) is 37.0 Å². The van der Waals surface area contributed by atoms with Crippen LogP contribution >= 0.6 is 11.3 Å². The molecule has 0 amide bonds. The average Bonchev–Trinajstić information content (AvgIpc) is 2.90. The molecule has 2 nitrogen and oxygen atoms in total. The summed E-state index contributed by atoms with van der Waals surface area (Å²) in [6, 6.07) is 2.51. The topological polar surface area (TPSA) is 21.3 Å². The molecule has 0 radical (unpaired) electrons. The Morgan fingerprint density at radius 2 is 2.26 bits per heavy atom. The number of methoxy groups -OCH3 is 1. The van der Waals surface area contributed by atoms with Crippen LogP contribution in [0.5, 0.6) is 5.75 Å². The lowest BCUT2D eigenvalue weighted by Crippen LogP contribution is -2.21. The molecule has 0 spiro atoms. The van der Waals surface area contributed by atoms with Gasteiger partial charge in [0.15, 0.2) is 0 Å². The maximum Gasteiger partial charge on any atom is 0.134 e. The minimum atomic E-state index is 0.443. The highest BCUT2D eigenvalue weighted by molar-refractivity contribution is 7.10. The molecule has 1 unspecified atom stereocenters. The first-order valence-electron chi connectivity index (χ1n) is 7.29. The normalized spacial score (nSPS) is 12.3. The van der Waals surface area contributed by atoms with Crippen molar-refractivity contribution in [1.82, 2.24) is 5.32 Å². The Labute approximate surface area is 121 Å². The van der Waals surface area contributed by atoms with Crippen LogP contribution in [0.4, 0.5) is 0 Å². The van der Waals surface area contributed by atoms with Crippen LogP contribution in [0.2, 0.25) is 0 Å². The summed E-state index contributed by atoms with van der Waals surface area (Å²) in [5, 5.41) is 5.77. The first-order chi connectivity index (χ1) is 9.33. The maximum absolute atomic E-state index is 5.45. The van der Waals surface area contributed by atoms with Crippen molar-refractivity contribution >= 4 is 11.3 Å². The maximum atomic E-state index is 5.45. The van der Waals surface area contributed by atoms with Crippen molar-refractivity contribution < 1.29 is 4.74 Å². The SMILES string of the molecule is C=CCCCCCC(NCCC)c1sccc1OC. The lowest BCUT2D eigenvalue weighted by atomic mass is 10.1. The Morgan fingerprint density at radius 3 is 2.95 bits per heavy atom. The van der Waals surface area contributed by atoms with Crippen LogP contribution in [0.15, 0.2) is 24.1 Å². The van der Waals surface area contributed by atoms with Gasteiger partial charge in [-0.15, -0.1) is 17.9 Å². The molecule has 1 N–H and O–H groups in total. The summed E-state index contributed by atoms with van der Waals surface area (Å²) in [4.78, 5) is 1.35. The van der Waals surface area contributed by atoms with Crippen LogP contribution in [-0.2, 0) is 0 Å².